The molecule has 1 fully saturated rings. The van der Waals surface area contributed by atoms with Crippen LogP contribution in [-0.4, -0.2) is 74.1 Å². The number of hydrogen-bond donors (Lipinski definition) is 5. The van der Waals surface area contributed by atoms with Gasteiger partial charge < -0.3 is 30.3 Å². The van der Waals surface area contributed by atoms with Crippen LogP contribution in [0.4, 0.5) is 0 Å². The van der Waals surface area contributed by atoms with Crippen molar-refractivity contribution in [2.75, 3.05) is 20.2 Å². The summed E-state index contributed by atoms with van der Waals surface area (Å²) >= 11 is 0. The summed E-state index contributed by atoms with van der Waals surface area (Å²) in [6.07, 6.45) is -0.752. The number of ether oxygens (including phenoxy) is 1. The predicted molar refractivity (Wildman–Crippen MR) is 134 cm³/mol. The zero-order valence-electron chi connectivity index (χ0n) is 21.3. The summed E-state index contributed by atoms with van der Waals surface area (Å²) in [4.78, 5) is 32.9. The van der Waals surface area contributed by atoms with E-state index in [0.717, 1.165) is 43.8 Å². The monoisotopic (exact) mass is 517 g/mol. The fraction of sp³-hybridized carbons (Fsp3) is 0.444. The van der Waals surface area contributed by atoms with Crippen molar-refractivity contribution in [3.05, 3.63) is 64.7 Å². The number of para-hydroxylation sites is 1. The molecule has 0 spiro atoms. The summed E-state index contributed by atoms with van der Waals surface area (Å²) in [6.45, 7) is 6.80. The third-order valence-electron chi connectivity index (χ3n) is 6.45. The summed E-state index contributed by atoms with van der Waals surface area (Å²) in [6, 6.07) is 14.6. The third kappa shape index (κ3) is 8.28. The Balaban J connectivity index is 0.000000317. The van der Waals surface area contributed by atoms with Crippen LogP contribution in [0.15, 0.2) is 42.5 Å². The number of carboxylic acid groups (broad SMARTS) is 3. The molecular weight excluding hydrogens is 482 g/mol. The maximum absolute atomic E-state index is 11.0. The highest BCUT2D eigenvalue weighted by atomic mass is 16.5. The maximum atomic E-state index is 11.0. The van der Waals surface area contributed by atoms with Gasteiger partial charge in [-0.2, -0.15) is 0 Å². The normalized spacial score (nSPS) is 15.3. The van der Waals surface area contributed by atoms with Crippen LogP contribution in [0, 0.1) is 13.8 Å². The molecule has 0 aliphatic carbocycles. The Morgan fingerprint density at radius 3 is 1.95 bits per heavy atom. The van der Waals surface area contributed by atoms with Crippen LogP contribution in [0.5, 0.6) is 5.75 Å². The second-order valence-electron chi connectivity index (χ2n) is 9.42. The molecule has 1 aliphatic rings. The van der Waals surface area contributed by atoms with Gasteiger partial charge >= 0.3 is 17.9 Å². The van der Waals surface area contributed by atoms with E-state index in [1.165, 1.54) is 16.7 Å². The minimum absolute atomic E-state index is 0.694. The van der Waals surface area contributed by atoms with Gasteiger partial charge in [0.15, 0.2) is 5.60 Å². The molecule has 1 heterocycles. The van der Waals surface area contributed by atoms with Gasteiger partial charge in [-0.3, -0.25) is 14.5 Å². The number of rotatable bonds is 9. The molecule has 1 saturated heterocycles. The number of piperidine rings is 1. The molecule has 0 saturated carbocycles. The molecular formula is C27H35NO9. The lowest BCUT2D eigenvalue weighted by Gasteiger charge is -2.38. The molecule has 5 N–H and O–H groups in total. The van der Waals surface area contributed by atoms with Crippen molar-refractivity contribution in [2.24, 2.45) is 0 Å². The van der Waals surface area contributed by atoms with E-state index in [9.17, 15) is 19.5 Å². The molecule has 10 nitrogen and oxygen atoms in total. The van der Waals surface area contributed by atoms with Gasteiger partial charge in [0.05, 0.1) is 25.6 Å². The molecule has 0 radical (unpaired) electrons. The first-order valence-corrected chi connectivity index (χ1v) is 11.8. The average molecular weight is 518 g/mol. The van der Waals surface area contributed by atoms with E-state index in [2.05, 4.69) is 61.2 Å². The van der Waals surface area contributed by atoms with Gasteiger partial charge in [-0.1, -0.05) is 48.0 Å². The first-order chi connectivity index (χ1) is 17.3. The standard InChI is InChI=1S/C21H27NO2.C6H8O7/c1-16-7-9-19(10-8-16)21(23)11-13-22(14-12-21)15-18-6-4-5-17(2)20(18)24-3;7-3(8)1-6(13,5(11)12)2-4(9)10/h4-10,23H,11-15H2,1-3H3;13H,1-2H2,(H,7,8)(H,9,10)(H,11,12). The number of hydrogen-bond acceptors (Lipinski definition) is 7. The van der Waals surface area contributed by atoms with Crippen molar-refractivity contribution in [1.29, 1.82) is 0 Å². The number of benzene rings is 2. The van der Waals surface area contributed by atoms with Crippen LogP contribution in [0.1, 0.15) is 47.9 Å². The highest BCUT2D eigenvalue weighted by molar-refractivity contribution is 5.88. The third-order valence-corrected chi connectivity index (χ3v) is 6.45. The lowest BCUT2D eigenvalue weighted by molar-refractivity contribution is -0.170. The summed E-state index contributed by atoms with van der Waals surface area (Å²) in [7, 11) is 1.73. The largest absolute Gasteiger partial charge is 0.496 e. The van der Waals surface area contributed by atoms with Crippen molar-refractivity contribution in [3.63, 3.8) is 0 Å². The van der Waals surface area contributed by atoms with Crippen molar-refractivity contribution in [2.45, 2.75) is 57.3 Å². The Morgan fingerprint density at radius 1 is 0.946 bits per heavy atom. The van der Waals surface area contributed by atoms with Crippen molar-refractivity contribution < 1.29 is 44.7 Å². The van der Waals surface area contributed by atoms with Crippen molar-refractivity contribution >= 4 is 17.9 Å². The fourth-order valence-corrected chi connectivity index (χ4v) is 4.32. The molecule has 0 amide bonds. The highest BCUT2D eigenvalue weighted by Crippen LogP contribution is 2.34. The van der Waals surface area contributed by atoms with E-state index >= 15 is 0 Å². The van der Waals surface area contributed by atoms with Gasteiger partial charge in [0.25, 0.3) is 0 Å². The number of likely N-dealkylation sites (tertiary alicyclic amines) is 1. The van der Waals surface area contributed by atoms with E-state index in [1.54, 1.807) is 7.11 Å². The Morgan fingerprint density at radius 2 is 1.49 bits per heavy atom. The van der Waals surface area contributed by atoms with Crippen LogP contribution in [0.3, 0.4) is 0 Å². The molecule has 0 aromatic heterocycles. The quantitative estimate of drug-likeness (QED) is 0.334. The first kappa shape index (κ1) is 29.8. The maximum Gasteiger partial charge on any atom is 0.336 e. The predicted octanol–water partition coefficient (Wildman–Crippen LogP) is 2.55. The second kappa shape index (κ2) is 12.7. The number of carbonyl (C=O) groups is 3. The van der Waals surface area contributed by atoms with E-state index in [4.69, 9.17) is 25.2 Å². The van der Waals surface area contributed by atoms with Crippen LogP contribution < -0.4 is 4.74 Å². The van der Waals surface area contributed by atoms with E-state index < -0.39 is 42.0 Å². The van der Waals surface area contributed by atoms with Gasteiger partial charge in [-0.15, -0.1) is 0 Å². The van der Waals surface area contributed by atoms with E-state index in [0.29, 0.717) is 0 Å². The molecule has 2 aromatic rings. The molecule has 0 unspecified atom stereocenters. The number of carboxylic acids is 3. The Labute approximate surface area is 215 Å². The Kier molecular flexibility index (Phi) is 10.2. The summed E-state index contributed by atoms with van der Waals surface area (Å²) in [5, 5.41) is 44.8. The van der Waals surface area contributed by atoms with Gasteiger partial charge in [-0.05, 0) is 37.8 Å². The highest BCUT2D eigenvalue weighted by Gasteiger charge is 2.40. The van der Waals surface area contributed by atoms with Crippen molar-refractivity contribution in [3.8, 4) is 5.75 Å². The smallest absolute Gasteiger partial charge is 0.336 e. The molecule has 0 bridgehead atoms. The molecule has 0 atom stereocenters. The van der Waals surface area contributed by atoms with Crippen molar-refractivity contribution in [1.82, 2.24) is 4.90 Å². The number of aryl methyl sites for hydroxylation is 2. The van der Waals surface area contributed by atoms with Crippen LogP contribution in [0.2, 0.25) is 0 Å². The number of methoxy groups -OCH3 is 1. The van der Waals surface area contributed by atoms with Crippen LogP contribution in [0.25, 0.3) is 0 Å². The summed E-state index contributed by atoms with van der Waals surface area (Å²) in [5.74, 6) is -4.04. The summed E-state index contributed by atoms with van der Waals surface area (Å²) < 4.78 is 5.56. The summed E-state index contributed by atoms with van der Waals surface area (Å²) in [5.41, 5.74) is 1.23. The number of aliphatic hydroxyl groups is 2. The zero-order valence-corrected chi connectivity index (χ0v) is 21.3. The average Bonchev–Trinajstić information content (AvgIpc) is 2.80. The minimum atomic E-state index is -2.74. The topological polar surface area (TPSA) is 165 Å². The minimum Gasteiger partial charge on any atom is -0.496 e. The number of aliphatic carboxylic acids is 3. The van der Waals surface area contributed by atoms with E-state index in [-0.39, 0.29) is 0 Å². The van der Waals surface area contributed by atoms with Gasteiger partial charge in [0, 0.05) is 25.2 Å². The molecule has 1 aliphatic heterocycles. The van der Waals surface area contributed by atoms with Gasteiger partial charge in [0.2, 0.25) is 0 Å². The molecule has 3 rings (SSSR count). The van der Waals surface area contributed by atoms with Crippen LogP contribution in [-0.2, 0) is 26.5 Å². The Hall–Kier alpha value is -3.47. The van der Waals surface area contributed by atoms with Gasteiger partial charge in [-0.25, -0.2) is 4.79 Å². The molecule has 37 heavy (non-hydrogen) atoms. The lowest BCUT2D eigenvalue weighted by Crippen LogP contribution is -2.42. The molecule has 202 valence electrons. The number of nitrogens with zero attached hydrogens (tertiary/aromatic N) is 1. The fourth-order valence-electron chi connectivity index (χ4n) is 4.32. The zero-order chi connectivity index (χ0) is 27.8. The van der Waals surface area contributed by atoms with Crippen LogP contribution >= 0.6 is 0 Å². The first-order valence-electron chi connectivity index (χ1n) is 11.8. The van der Waals surface area contributed by atoms with Gasteiger partial charge in [0.1, 0.15) is 5.75 Å². The SMILES string of the molecule is COc1c(C)cccc1CN1CCC(O)(c2ccc(C)cc2)CC1.O=C(O)CC(O)(CC(=O)O)C(=O)O. The second-order valence-corrected chi connectivity index (χ2v) is 9.42. The Bertz CT molecular complexity index is 1070. The molecule has 10 heteroatoms. The lowest BCUT2D eigenvalue weighted by atomic mass is 9.84. The molecule has 2 aromatic carbocycles. The van der Waals surface area contributed by atoms with E-state index in [1.807, 2.05) is 0 Å².